The van der Waals surface area contributed by atoms with Crippen LogP contribution >= 0.6 is 0 Å². The Morgan fingerprint density at radius 1 is 1.11 bits per heavy atom. The van der Waals surface area contributed by atoms with Crippen molar-refractivity contribution >= 4 is 16.6 Å². The molecule has 0 aromatic carbocycles. The molecule has 0 unspecified atom stereocenters. The van der Waals surface area contributed by atoms with E-state index in [0.717, 1.165) is 11.0 Å². The second kappa shape index (κ2) is 3.83. The summed E-state index contributed by atoms with van der Waals surface area (Å²) in [5.74, 6) is 0. The molecule has 18 heavy (non-hydrogen) atoms. The minimum atomic E-state index is 0.638. The molecule has 4 rings (SSSR count). The molecule has 1 aliphatic rings. The van der Waals surface area contributed by atoms with Gasteiger partial charge in [0.1, 0.15) is 12.7 Å². The second-order valence-electron chi connectivity index (χ2n) is 5.18. The number of imidazole rings is 1. The van der Waals surface area contributed by atoms with Crippen LogP contribution < -0.4 is 0 Å². The van der Waals surface area contributed by atoms with Gasteiger partial charge in [-0.15, -0.1) is 0 Å². The van der Waals surface area contributed by atoms with Crippen molar-refractivity contribution in [2.45, 2.75) is 38.1 Å². The zero-order valence-corrected chi connectivity index (χ0v) is 10.3. The molecular weight excluding hydrogens is 224 g/mol. The number of rotatable bonds is 1. The average molecular weight is 240 g/mol. The van der Waals surface area contributed by atoms with Gasteiger partial charge in [0, 0.05) is 12.2 Å². The molecule has 0 spiro atoms. The zero-order valence-electron chi connectivity index (χ0n) is 10.3. The first-order valence-corrected chi connectivity index (χ1v) is 6.71. The van der Waals surface area contributed by atoms with Gasteiger partial charge in [0.05, 0.1) is 22.7 Å². The van der Waals surface area contributed by atoms with Crippen molar-refractivity contribution in [1.82, 2.24) is 18.9 Å². The van der Waals surface area contributed by atoms with Crippen LogP contribution in [0.3, 0.4) is 0 Å². The lowest BCUT2D eigenvalue weighted by atomic mass is 9.95. The molecule has 0 aliphatic heterocycles. The van der Waals surface area contributed by atoms with Crippen molar-refractivity contribution in [1.29, 1.82) is 0 Å². The Morgan fingerprint density at radius 3 is 2.89 bits per heavy atom. The summed E-state index contributed by atoms with van der Waals surface area (Å²) >= 11 is 0. The highest BCUT2D eigenvalue weighted by atomic mass is 15.1. The third-order valence-electron chi connectivity index (χ3n) is 4.09. The molecule has 3 heterocycles. The Kier molecular flexibility index (Phi) is 2.15. The fraction of sp³-hybridized carbons (Fsp3) is 0.429. The molecule has 92 valence electrons. The van der Waals surface area contributed by atoms with Crippen LogP contribution in [-0.2, 0) is 0 Å². The third kappa shape index (κ3) is 1.38. The predicted molar refractivity (Wildman–Crippen MR) is 70.6 cm³/mol. The highest BCUT2D eigenvalue weighted by Crippen LogP contribution is 2.32. The normalized spacial score (nSPS) is 17.8. The Hall–Kier alpha value is -1.84. The van der Waals surface area contributed by atoms with Crippen molar-refractivity contribution in [2.24, 2.45) is 0 Å². The Labute approximate surface area is 105 Å². The molecule has 0 amide bonds. The molecule has 0 bridgehead atoms. The lowest BCUT2D eigenvalue weighted by Gasteiger charge is -2.24. The van der Waals surface area contributed by atoms with Gasteiger partial charge in [-0.3, -0.25) is 4.40 Å². The molecule has 1 fully saturated rings. The molecule has 0 radical (unpaired) electrons. The van der Waals surface area contributed by atoms with Gasteiger partial charge < -0.3 is 4.57 Å². The van der Waals surface area contributed by atoms with Crippen LogP contribution in [0.4, 0.5) is 0 Å². The summed E-state index contributed by atoms with van der Waals surface area (Å²) in [6, 6.07) is 2.76. The maximum absolute atomic E-state index is 4.50. The van der Waals surface area contributed by atoms with Crippen LogP contribution in [0, 0.1) is 0 Å². The van der Waals surface area contributed by atoms with Gasteiger partial charge in [-0.1, -0.05) is 19.3 Å². The van der Waals surface area contributed by atoms with E-state index in [2.05, 4.69) is 26.8 Å². The van der Waals surface area contributed by atoms with E-state index in [1.54, 1.807) is 0 Å². The number of hydrogen-bond donors (Lipinski definition) is 0. The fourth-order valence-corrected chi connectivity index (χ4v) is 3.17. The zero-order chi connectivity index (χ0) is 11.9. The minimum absolute atomic E-state index is 0.638. The van der Waals surface area contributed by atoms with Crippen LogP contribution in [-0.4, -0.2) is 18.9 Å². The first kappa shape index (κ1) is 10.1. The fourth-order valence-electron chi connectivity index (χ4n) is 3.17. The van der Waals surface area contributed by atoms with Gasteiger partial charge in [-0.25, -0.2) is 9.97 Å². The molecule has 4 nitrogen and oxygen atoms in total. The quantitative estimate of drug-likeness (QED) is 0.654. The van der Waals surface area contributed by atoms with Crippen molar-refractivity contribution < 1.29 is 0 Å². The van der Waals surface area contributed by atoms with Gasteiger partial charge in [-0.2, -0.15) is 0 Å². The summed E-state index contributed by atoms with van der Waals surface area (Å²) in [7, 11) is 0. The topological polar surface area (TPSA) is 35.1 Å². The standard InChI is InChI=1S/C14H16N4/c1-2-4-11(5-3-1)18-7-6-12-14(18)13-8-15-9-17(13)10-16-12/h6-11H,1-5H2. The van der Waals surface area contributed by atoms with Crippen LogP contribution in [0.25, 0.3) is 16.6 Å². The predicted octanol–water partition coefficient (Wildman–Crippen LogP) is 3.19. The van der Waals surface area contributed by atoms with Gasteiger partial charge in [0.15, 0.2) is 0 Å². The van der Waals surface area contributed by atoms with E-state index in [1.807, 2.05) is 23.3 Å². The van der Waals surface area contributed by atoms with E-state index < -0.39 is 0 Å². The van der Waals surface area contributed by atoms with Crippen molar-refractivity contribution in [3.8, 4) is 0 Å². The van der Waals surface area contributed by atoms with Crippen LogP contribution in [0.5, 0.6) is 0 Å². The number of hydrogen-bond acceptors (Lipinski definition) is 2. The van der Waals surface area contributed by atoms with Crippen LogP contribution in [0.2, 0.25) is 0 Å². The van der Waals surface area contributed by atoms with Gasteiger partial charge in [0.25, 0.3) is 0 Å². The second-order valence-corrected chi connectivity index (χ2v) is 5.18. The summed E-state index contributed by atoms with van der Waals surface area (Å²) in [6.07, 6.45) is 14.5. The molecule has 0 atom stereocenters. The lowest BCUT2D eigenvalue weighted by Crippen LogP contribution is -2.12. The minimum Gasteiger partial charge on any atom is -0.341 e. The van der Waals surface area contributed by atoms with Gasteiger partial charge >= 0.3 is 0 Å². The Morgan fingerprint density at radius 2 is 2.00 bits per heavy atom. The average Bonchev–Trinajstić information content (AvgIpc) is 3.05. The lowest BCUT2D eigenvalue weighted by molar-refractivity contribution is 0.361. The third-order valence-corrected chi connectivity index (χ3v) is 4.09. The van der Waals surface area contributed by atoms with E-state index in [0.29, 0.717) is 6.04 Å². The largest absolute Gasteiger partial charge is 0.341 e. The molecule has 1 saturated carbocycles. The van der Waals surface area contributed by atoms with E-state index in [-0.39, 0.29) is 0 Å². The summed E-state index contributed by atoms with van der Waals surface area (Å²) < 4.78 is 4.42. The Bertz CT molecular complexity index is 688. The summed E-state index contributed by atoms with van der Waals surface area (Å²) in [5.41, 5.74) is 3.48. The van der Waals surface area contributed by atoms with Crippen LogP contribution in [0.15, 0.2) is 31.1 Å². The van der Waals surface area contributed by atoms with Crippen LogP contribution in [0.1, 0.15) is 38.1 Å². The highest BCUT2D eigenvalue weighted by molar-refractivity contribution is 5.90. The maximum atomic E-state index is 4.50. The number of aromatic nitrogens is 4. The SMILES string of the molecule is c1cn(C2CCCCC2)c2c1ncn1cncc21. The Balaban J connectivity index is 1.96. The molecule has 1 aliphatic carbocycles. The summed E-state index contributed by atoms with van der Waals surface area (Å²) in [4.78, 5) is 8.73. The van der Waals surface area contributed by atoms with Gasteiger partial charge in [0.2, 0.25) is 0 Å². The molecule has 3 aromatic rings. The first-order chi connectivity index (χ1) is 8.93. The maximum Gasteiger partial charge on any atom is 0.101 e. The van der Waals surface area contributed by atoms with E-state index in [9.17, 15) is 0 Å². The molecule has 3 aromatic heterocycles. The van der Waals surface area contributed by atoms with E-state index in [1.165, 1.54) is 37.6 Å². The summed E-state index contributed by atoms with van der Waals surface area (Å²) in [6.45, 7) is 0. The van der Waals surface area contributed by atoms with E-state index in [4.69, 9.17) is 0 Å². The smallest absolute Gasteiger partial charge is 0.101 e. The molecular formula is C14H16N4. The van der Waals surface area contributed by atoms with Crippen molar-refractivity contribution in [3.63, 3.8) is 0 Å². The number of fused-ring (bicyclic) bond motifs is 3. The highest BCUT2D eigenvalue weighted by Gasteiger charge is 2.18. The number of nitrogens with zero attached hydrogens (tertiary/aromatic N) is 4. The monoisotopic (exact) mass is 240 g/mol. The van der Waals surface area contributed by atoms with Crippen molar-refractivity contribution in [3.05, 3.63) is 31.1 Å². The van der Waals surface area contributed by atoms with E-state index >= 15 is 0 Å². The molecule has 0 saturated heterocycles. The summed E-state index contributed by atoms with van der Waals surface area (Å²) in [5, 5.41) is 0. The molecule has 0 N–H and O–H groups in total. The molecule has 4 heteroatoms. The van der Waals surface area contributed by atoms with Crippen molar-refractivity contribution in [2.75, 3.05) is 0 Å². The first-order valence-electron chi connectivity index (χ1n) is 6.71. The van der Waals surface area contributed by atoms with Gasteiger partial charge in [-0.05, 0) is 18.9 Å².